The molecule has 20 heavy (non-hydrogen) atoms. The molecule has 0 aromatic carbocycles. The quantitative estimate of drug-likeness (QED) is 0.823. The number of hydrogen-bond donors (Lipinski definition) is 1. The van der Waals surface area contributed by atoms with E-state index in [0.29, 0.717) is 12.1 Å². The lowest BCUT2D eigenvalue weighted by molar-refractivity contribution is 0.144. The smallest absolute Gasteiger partial charge is 0.0250 e. The van der Waals surface area contributed by atoms with Crippen LogP contribution in [0.2, 0.25) is 0 Å². The molecule has 2 heteroatoms. The average Bonchev–Trinajstić information content (AvgIpc) is 3.25. The second-order valence-corrected chi connectivity index (χ2v) is 7.11. The summed E-state index contributed by atoms with van der Waals surface area (Å²) in [4.78, 5) is 2.79. The highest BCUT2D eigenvalue weighted by molar-refractivity contribution is 4.92. The van der Waals surface area contributed by atoms with Gasteiger partial charge in [0.05, 0.1) is 0 Å². The van der Waals surface area contributed by atoms with Gasteiger partial charge in [0.2, 0.25) is 0 Å². The zero-order valence-electron chi connectivity index (χ0n) is 13.7. The predicted molar refractivity (Wildman–Crippen MR) is 88.0 cm³/mol. The van der Waals surface area contributed by atoms with Crippen LogP contribution in [-0.4, -0.2) is 29.6 Å². The third-order valence-corrected chi connectivity index (χ3v) is 5.21. The molecule has 0 aromatic rings. The minimum atomic E-state index is 0.418. The summed E-state index contributed by atoms with van der Waals surface area (Å²) in [6, 6.07) is 1.96. The monoisotopic (exact) mass is 280 g/mol. The molecule has 0 radical (unpaired) electrons. The first-order valence-electron chi connectivity index (χ1n) is 9.34. The van der Waals surface area contributed by atoms with Gasteiger partial charge in [-0.25, -0.2) is 0 Å². The Bertz CT molecular complexity index is 250. The highest BCUT2D eigenvalue weighted by Gasteiger charge is 2.35. The van der Waals surface area contributed by atoms with Crippen molar-refractivity contribution in [1.82, 2.24) is 4.90 Å². The largest absolute Gasteiger partial charge is 0.326 e. The maximum absolute atomic E-state index is 6.61. The van der Waals surface area contributed by atoms with Crippen LogP contribution < -0.4 is 5.73 Å². The SMILES string of the molecule is CCCN(C1CC1)C1CCCCCCCCCCC1N. The van der Waals surface area contributed by atoms with Gasteiger partial charge in [0.15, 0.2) is 0 Å². The van der Waals surface area contributed by atoms with E-state index in [0.717, 1.165) is 6.04 Å². The van der Waals surface area contributed by atoms with Gasteiger partial charge in [-0.15, -0.1) is 0 Å². The van der Waals surface area contributed by atoms with E-state index in [1.54, 1.807) is 0 Å². The highest BCUT2D eigenvalue weighted by atomic mass is 15.2. The van der Waals surface area contributed by atoms with Crippen LogP contribution in [-0.2, 0) is 0 Å². The minimum Gasteiger partial charge on any atom is -0.326 e. The van der Waals surface area contributed by atoms with Crippen molar-refractivity contribution in [3.05, 3.63) is 0 Å². The third kappa shape index (κ3) is 5.37. The predicted octanol–water partition coefficient (Wildman–Crippen LogP) is 4.47. The van der Waals surface area contributed by atoms with Gasteiger partial charge in [-0.1, -0.05) is 58.3 Å². The number of nitrogens with zero attached hydrogens (tertiary/aromatic N) is 1. The molecule has 2 fully saturated rings. The van der Waals surface area contributed by atoms with Crippen LogP contribution in [0, 0.1) is 0 Å². The molecule has 2 aliphatic rings. The average molecular weight is 280 g/mol. The Morgan fingerprint density at radius 3 is 1.90 bits per heavy atom. The van der Waals surface area contributed by atoms with Crippen LogP contribution in [0.25, 0.3) is 0 Å². The summed E-state index contributed by atoms with van der Waals surface area (Å²) in [5, 5.41) is 0. The zero-order valence-corrected chi connectivity index (χ0v) is 13.7. The van der Waals surface area contributed by atoms with Crippen molar-refractivity contribution < 1.29 is 0 Å². The first-order chi connectivity index (χ1) is 9.83. The van der Waals surface area contributed by atoms with Gasteiger partial charge >= 0.3 is 0 Å². The number of nitrogens with two attached hydrogens (primary N) is 1. The first-order valence-corrected chi connectivity index (χ1v) is 9.34. The molecule has 0 heterocycles. The van der Waals surface area contributed by atoms with Crippen LogP contribution in [0.4, 0.5) is 0 Å². The molecule has 0 amide bonds. The van der Waals surface area contributed by atoms with E-state index in [-0.39, 0.29) is 0 Å². The van der Waals surface area contributed by atoms with Crippen molar-refractivity contribution in [1.29, 1.82) is 0 Å². The van der Waals surface area contributed by atoms with Crippen LogP contribution in [0.3, 0.4) is 0 Å². The normalized spacial score (nSPS) is 30.8. The van der Waals surface area contributed by atoms with Gasteiger partial charge in [-0.3, -0.25) is 4.90 Å². The number of rotatable bonds is 4. The number of hydrogen-bond acceptors (Lipinski definition) is 2. The van der Waals surface area contributed by atoms with E-state index in [2.05, 4.69) is 11.8 Å². The molecule has 2 atom stereocenters. The van der Waals surface area contributed by atoms with E-state index < -0.39 is 0 Å². The minimum absolute atomic E-state index is 0.418. The van der Waals surface area contributed by atoms with Crippen LogP contribution in [0.15, 0.2) is 0 Å². The molecule has 2 N–H and O–H groups in total. The standard InChI is InChI=1S/C18H36N2/c1-2-15-20(16-13-14-16)18-12-10-8-6-4-3-5-7-9-11-17(18)19/h16-18H,2-15,19H2,1H3. The molecule has 2 unspecified atom stereocenters. The van der Waals surface area contributed by atoms with Gasteiger partial charge < -0.3 is 5.73 Å². The van der Waals surface area contributed by atoms with Crippen LogP contribution in [0.1, 0.15) is 90.4 Å². The van der Waals surface area contributed by atoms with Crippen molar-refractivity contribution in [2.75, 3.05) is 6.54 Å². The van der Waals surface area contributed by atoms with Crippen molar-refractivity contribution in [3.8, 4) is 0 Å². The first kappa shape index (κ1) is 16.3. The Balaban J connectivity index is 1.91. The second-order valence-electron chi connectivity index (χ2n) is 7.11. The molecule has 0 aliphatic heterocycles. The third-order valence-electron chi connectivity index (χ3n) is 5.21. The lowest BCUT2D eigenvalue weighted by atomic mass is 9.93. The maximum atomic E-state index is 6.61. The lowest BCUT2D eigenvalue weighted by Crippen LogP contribution is -2.49. The lowest BCUT2D eigenvalue weighted by Gasteiger charge is -2.36. The van der Waals surface area contributed by atoms with Gasteiger partial charge in [-0.2, -0.15) is 0 Å². The van der Waals surface area contributed by atoms with Crippen molar-refractivity contribution in [2.45, 2.75) is 109 Å². The molecule has 0 spiro atoms. The van der Waals surface area contributed by atoms with Gasteiger partial charge in [-0.05, 0) is 38.6 Å². The van der Waals surface area contributed by atoms with E-state index in [4.69, 9.17) is 5.73 Å². The van der Waals surface area contributed by atoms with E-state index in [1.807, 2.05) is 0 Å². The zero-order chi connectivity index (χ0) is 14.2. The molecule has 118 valence electrons. The fourth-order valence-corrected chi connectivity index (χ4v) is 3.90. The summed E-state index contributed by atoms with van der Waals surface area (Å²) in [5.74, 6) is 0. The topological polar surface area (TPSA) is 29.3 Å². The summed E-state index contributed by atoms with van der Waals surface area (Å²) in [7, 11) is 0. The molecule has 0 aromatic heterocycles. The fourth-order valence-electron chi connectivity index (χ4n) is 3.90. The molecule has 2 aliphatic carbocycles. The van der Waals surface area contributed by atoms with Crippen molar-refractivity contribution in [3.63, 3.8) is 0 Å². The summed E-state index contributed by atoms with van der Waals surface area (Å²) in [6.07, 6.45) is 18.1. The molecule has 0 saturated heterocycles. The maximum Gasteiger partial charge on any atom is 0.0250 e. The van der Waals surface area contributed by atoms with Crippen molar-refractivity contribution in [2.24, 2.45) is 5.73 Å². The molecule has 2 saturated carbocycles. The Hall–Kier alpha value is -0.0800. The molecule has 2 nitrogen and oxygen atoms in total. The summed E-state index contributed by atoms with van der Waals surface area (Å²) < 4.78 is 0. The van der Waals surface area contributed by atoms with E-state index in [9.17, 15) is 0 Å². The van der Waals surface area contributed by atoms with Crippen molar-refractivity contribution >= 4 is 0 Å². The highest BCUT2D eigenvalue weighted by Crippen LogP contribution is 2.32. The molecular weight excluding hydrogens is 244 g/mol. The molecular formula is C18H36N2. The van der Waals surface area contributed by atoms with Gasteiger partial charge in [0.1, 0.15) is 0 Å². The summed E-state index contributed by atoms with van der Waals surface area (Å²) >= 11 is 0. The van der Waals surface area contributed by atoms with Crippen LogP contribution in [0.5, 0.6) is 0 Å². The molecule has 0 bridgehead atoms. The van der Waals surface area contributed by atoms with Crippen LogP contribution >= 0.6 is 0 Å². The Labute approximate surface area is 126 Å². The van der Waals surface area contributed by atoms with E-state index >= 15 is 0 Å². The second kappa shape index (κ2) is 9.04. The van der Waals surface area contributed by atoms with Gasteiger partial charge in [0, 0.05) is 18.1 Å². The summed E-state index contributed by atoms with van der Waals surface area (Å²) in [5.41, 5.74) is 6.61. The van der Waals surface area contributed by atoms with Gasteiger partial charge in [0.25, 0.3) is 0 Å². The molecule has 2 rings (SSSR count). The Morgan fingerprint density at radius 2 is 1.35 bits per heavy atom. The fraction of sp³-hybridized carbons (Fsp3) is 1.00. The summed E-state index contributed by atoms with van der Waals surface area (Å²) in [6.45, 7) is 3.58. The van der Waals surface area contributed by atoms with E-state index in [1.165, 1.54) is 90.0 Å². The Kier molecular flexibility index (Phi) is 7.37. The Morgan fingerprint density at radius 1 is 0.800 bits per heavy atom.